The molecule has 1 fully saturated rings. The third-order valence-electron chi connectivity index (χ3n) is 1.54. The van der Waals surface area contributed by atoms with Crippen LogP contribution in [0.3, 0.4) is 0 Å². The molecule has 11 heavy (non-hydrogen) atoms. The number of aliphatic carboxylic acids is 1. The van der Waals surface area contributed by atoms with Crippen LogP contribution in [0.15, 0.2) is 0 Å². The van der Waals surface area contributed by atoms with E-state index in [9.17, 15) is 4.79 Å². The molecular weight excluding hydrogens is 191 g/mol. The van der Waals surface area contributed by atoms with Gasteiger partial charge in [-0.1, -0.05) is 0 Å². The Hall–Kier alpha value is -0.0300. The number of nitrogens with two attached hydrogens (primary N) is 1. The van der Waals surface area contributed by atoms with Gasteiger partial charge in [-0.25, -0.2) is 0 Å². The highest BCUT2D eigenvalue weighted by Gasteiger charge is 2.28. The number of carbonyl (C=O) groups is 1. The number of rotatable bonds is 1. The lowest BCUT2D eigenvalue weighted by Gasteiger charge is -2.08. The number of carboxylic acids is 1. The van der Waals surface area contributed by atoms with Crippen molar-refractivity contribution in [2.24, 2.45) is 5.73 Å². The highest BCUT2D eigenvalue weighted by Crippen LogP contribution is 2.02. The lowest BCUT2D eigenvalue weighted by molar-refractivity contribution is -0.139. The molecule has 0 amide bonds. The van der Waals surface area contributed by atoms with Gasteiger partial charge in [-0.15, -0.1) is 24.8 Å². The number of halogens is 2. The Bertz CT molecular complexity index is 134. The molecule has 0 aliphatic carbocycles. The van der Waals surface area contributed by atoms with Gasteiger partial charge in [-0.3, -0.25) is 4.79 Å². The highest BCUT2D eigenvalue weighted by atomic mass is 35.5. The minimum absolute atomic E-state index is 0. The maximum Gasteiger partial charge on any atom is 0.322 e. The van der Waals surface area contributed by atoms with Crippen LogP contribution in [0, 0.1) is 0 Å². The molecule has 1 saturated heterocycles. The van der Waals surface area contributed by atoms with Crippen LogP contribution in [-0.4, -0.2) is 29.7 Å². The van der Waals surface area contributed by atoms with E-state index < -0.39 is 12.0 Å². The first-order valence-corrected chi connectivity index (χ1v) is 2.93. The van der Waals surface area contributed by atoms with Gasteiger partial charge in [0.05, 0.1) is 0 Å². The van der Waals surface area contributed by atoms with Gasteiger partial charge in [0.25, 0.3) is 0 Å². The average molecular weight is 203 g/mol. The topological polar surface area (TPSA) is 75.3 Å². The van der Waals surface area contributed by atoms with Gasteiger partial charge >= 0.3 is 5.97 Å². The van der Waals surface area contributed by atoms with Crippen molar-refractivity contribution in [3.05, 3.63) is 0 Å². The lowest BCUT2D eigenvalue weighted by atomic mass is 10.1. The van der Waals surface area contributed by atoms with Crippen molar-refractivity contribution < 1.29 is 9.90 Å². The third-order valence-corrected chi connectivity index (χ3v) is 1.54. The normalized spacial score (nSPS) is 28.5. The molecule has 4 N–H and O–H groups in total. The fourth-order valence-corrected chi connectivity index (χ4v) is 0.994. The Morgan fingerprint density at radius 3 is 2.27 bits per heavy atom. The maximum atomic E-state index is 10.3. The lowest BCUT2D eigenvalue weighted by Crippen LogP contribution is -2.42. The van der Waals surface area contributed by atoms with Crippen LogP contribution in [0.5, 0.6) is 0 Å². The zero-order valence-corrected chi connectivity index (χ0v) is 7.45. The van der Waals surface area contributed by atoms with E-state index in [1.165, 1.54) is 0 Å². The van der Waals surface area contributed by atoms with E-state index in [4.69, 9.17) is 10.8 Å². The molecule has 0 saturated carbocycles. The number of carboxylic acid groups (broad SMARTS) is 1. The minimum atomic E-state index is -0.847. The zero-order valence-electron chi connectivity index (χ0n) is 5.82. The molecule has 2 atom stereocenters. The van der Waals surface area contributed by atoms with Crippen LogP contribution in [0.2, 0.25) is 0 Å². The fourth-order valence-electron chi connectivity index (χ4n) is 0.994. The Balaban J connectivity index is 0. The number of hydrogen-bond acceptors (Lipinski definition) is 3. The highest BCUT2D eigenvalue weighted by molar-refractivity contribution is 5.85. The predicted octanol–water partition coefficient (Wildman–Crippen LogP) is -0.396. The van der Waals surface area contributed by atoms with Gasteiger partial charge in [0, 0.05) is 6.04 Å². The second-order valence-electron chi connectivity index (χ2n) is 2.22. The van der Waals surface area contributed by atoms with Crippen LogP contribution in [0.4, 0.5) is 0 Å². The fraction of sp³-hybridized carbons (Fsp3) is 0.800. The summed E-state index contributed by atoms with van der Waals surface area (Å²) in [7, 11) is 0. The smallest absolute Gasteiger partial charge is 0.322 e. The molecule has 0 aromatic heterocycles. The molecule has 1 heterocycles. The second-order valence-corrected chi connectivity index (χ2v) is 2.22. The minimum Gasteiger partial charge on any atom is -0.480 e. The summed E-state index contributed by atoms with van der Waals surface area (Å²) >= 11 is 0. The summed E-state index contributed by atoms with van der Waals surface area (Å²) in [6.07, 6.45) is 0.761. The molecule has 1 aliphatic rings. The van der Waals surface area contributed by atoms with E-state index in [-0.39, 0.29) is 30.9 Å². The van der Waals surface area contributed by atoms with Gasteiger partial charge < -0.3 is 16.2 Å². The molecular formula is C5H12Cl2N2O2. The molecule has 0 bridgehead atoms. The number of nitrogens with one attached hydrogen (secondary N) is 1. The molecule has 1 rings (SSSR count). The monoisotopic (exact) mass is 202 g/mol. The van der Waals surface area contributed by atoms with Gasteiger partial charge in [0.15, 0.2) is 0 Å². The van der Waals surface area contributed by atoms with Crippen molar-refractivity contribution in [3.8, 4) is 0 Å². The molecule has 6 heteroatoms. The van der Waals surface area contributed by atoms with Crippen LogP contribution in [0.25, 0.3) is 0 Å². The van der Waals surface area contributed by atoms with E-state index in [1.807, 2.05) is 0 Å². The summed E-state index contributed by atoms with van der Waals surface area (Å²) < 4.78 is 0. The Morgan fingerprint density at radius 1 is 1.55 bits per heavy atom. The van der Waals surface area contributed by atoms with Gasteiger partial charge in [-0.2, -0.15) is 0 Å². The van der Waals surface area contributed by atoms with Gasteiger partial charge in [0.2, 0.25) is 0 Å². The molecule has 0 aromatic carbocycles. The first kappa shape index (κ1) is 13.6. The third kappa shape index (κ3) is 3.25. The van der Waals surface area contributed by atoms with E-state index in [0.717, 1.165) is 13.0 Å². The SMILES string of the molecule is Cl.Cl.NC1CCNC1C(=O)O. The molecule has 4 nitrogen and oxygen atoms in total. The van der Waals surface area contributed by atoms with Crippen LogP contribution >= 0.6 is 24.8 Å². The summed E-state index contributed by atoms with van der Waals surface area (Å²) in [5, 5.41) is 11.2. The van der Waals surface area contributed by atoms with Crippen molar-refractivity contribution in [1.29, 1.82) is 0 Å². The first-order chi connectivity index (χ1) is 4.22. The molecule has 68 valence electrons. The second kappa shape index (κ2) is 5.60. The molecule has 0 aromatic rings. The summed E-state index contributed by atoms with van der Waals surface area (Å²) in [5.41, 5.74) is 5.44. The summed E-state index contributed by atoms with van der Waals surface area (Å²) in [6, 6.07) is -0.729. The average Bonchev–Trinajstić information content (AvgIpc) is 2.13. The van der Waals surface area contributed by atoms with Crippen LogP contribution in [-0.2, 0) is 4.79 Å². The largest absolute Gasteiger partial charge is 0.480 e. The standard InChI is InChI=1S/C5H10N2O2.2ClH/c6-3-1-2-7-4(3)5(8)9;;/h3-4,7H,1-2,6H2,(H,8,9);2*1H. The summed E-state index contributed by atoms with van der Waals surface area (Å²) in [4.78, 5) is 10.3. The van der Waals surface area contributed by atoms with Crippen molar-refractivity contribution >= 4 is 30.8 Å². The Kier molecular flexibility index (Phi) is 6.90. The van der Waals surface area contributed by atoms with E-state index in [0.29, 0.717) is 0 Å². The molecule has 0 spiro atoms. The molecule has 1 aliphatic heterocycles. The van der Waals surface area contributed by atoms with E-state index in [1.54, 1.807) is 0 Å². The van der Waals surface area contributed by atoms with Crippen molar-refractivity contribution in [1.82, 2.24) is 5.32 Å². The van der Waals surface area contributed by atoms with Crippen LogP contribution in [0.1, 0.15) is 6.42 Å². The van der Waals surface area contributed by atoms with Gasteiger partial charge in [0.1, 0.15) is 6.04 Å². The quantitative estimate of drug-likeness (QED) is 0.542. The maximum absolute atomic E-state index is 10.3. The van der Waals surface area contributed by atoms with Crippen molar-refractivity contribution in [2.75, 3.05) is 6.54 Å². The van der Waals surface area contributed by atoms with Gasteiger partial charge in [-0.05, 0) is 13.0 Å². The summed E-state index contributed by atoms with van der Waals surface area (Å²) in [6.45, 7) is 0.720. The Morgan fingerprint density at radius 2 is 2.09 bits per heavy atom. The number of hydrogen-bond donors (Lipinski definition) is 3. The molecule has 0 radical (unpaired) electrons. The zero-order chi connectivity index (χ0) is 6.85. The molecule has 2 unspecified atom stereocenters. The first-order valence-electron chi connectivity index (χ1n) is 2.93. The van der Waals surface area contributed by atoms with Crippen LogP contribution < -0.4 is 11.1 Å². The van der Waals surface area contributed by atoms with Crippen molar-refractivity contribution in [2.45, 2.75) is 18.5 Å². The summed E-state index contributed by atoms with van der Waals surface area (Å²) in [5.74, 6) is -0.847. The van der Waals surface area contributed by atoms with E-state index in [2.05, 4.69) is 5.32 Å². The predicted molar refractivity (Wildman–Crippen MR) is 46.5 cm³/mol. The van der Waals surface area contributed by atoms with E-state index >= 15 is 0 Å². The Labute approximate surface area is 77.3 Å². The van der Waals surface area contributed by atoms with Crippen molar-refractivity contribution in [3.63, 3.8) is 0 Å².